The van der Waals surface area contributed by atoms with Gasteiger partial charge in [-0.15, -0.1) is 0 Å². The molecule has 20 heavy (non-hydrogen) atoms. The van der Waals surface area contributed by atoms with Crippen molar-refractivity contribution in [1.29, 1.82) is 0 Å². The molecule has 0 bridgehead atoms. The van der Waals surface area contributed by atoms with Crippen molar-refractivity contribution in [2.75, 3.05) is 20.3 Å². The van der Waals surface area contributed by atoms with Crippen LogP contribution in [0.15, 0.2) is 12.1 Å². The Hall–Kier alpha value is -1.39. The zero-order chi connectivity index (χ0) is 14.9. The van der Waals surface area contributed by atoms with Gasteiger partial charge in [0.25, 0.3) is 0 Å². The van der Waals surface area contributed by atoms with Gasteiger partial charge >= 0.3 is 5.97 Å². The summed E-state index contributed by atoms with van der Waals surface area (Å²) in [7, 11) is 1.98. The van der Waals surface area contributed by atoms with Crippen molar-refractivity contribution in [3.63, 3.8) is 0 Å². The minimum atomic E-state index is -0.767. The number of benzene rings is 1. The van der Waals surface area contributed by atoms with E-state index in [1.54, 1.807) is 0 Å². The molecule has 0 amide bonds. The summed E-state index contributed by atoms with van der Waals surface area (Å²) < 4.78 is 5.34. The Kier molecular flexibility index (Phi) is 4.45. The highest BCUT2D eigenvalue weighted by Gasteiger charge is 2.36. The molecule has 0 aliphatic carbocycles. The topological polar surface area (TPSA) is 49.8 Å². The van der Waals surface area contributed by atoms with Gasteiger partial charge in [0.05, 0.1) is 19.1 Å². The maximum atomic E-state index is 11.2. The molecule has 4 heteroatoms. The Labute approximate surface area is 120 Å². The highest BCUT2D eigenvalue weighted by atomic mass is 16.5. The second kappa shape index (κ2) is 5.94. The molecule has 1 aromatic carbocycles. The molecular weight excluding hydrogens is 254 g/mol. The summed E-state index contributed by atoms with van der Waals surface area (Å²) in [6, 6.07) is 4.35. The third kappa shape index (κ3) is 3.02. The minimum absolute atomic E-state index is 0.0477. The van der Waals surface area contributed by atoms with Crippen molar-refractivity contribution >= 4 is 5.97 Å². The molecular formula is C16H23NO3. The van der Waals surface area contributed by atoms with Crippen LogP contribution in [0.25, 0.3) is 0 Å². The number of rotatable bonds is 4. The van der Waals surface area contributed by atoms with Crippen molar-refractivity contribution in [2.45, 2.75) is 33.4 Å². The fourth-order valence-corrected chi connectivity index (χ4v) is 2.79. The van der Waals surface area contributed by atoms with Crippen molar-refractivity contribution in [1.82, 2.24) is 4.90 Å². The molecule has 1 fully saturated rings. The van der Waals surface area contributed by atoms with Crippen LogP contribution >= 0.6 is 0 Å². The Balaban J connectivity index is 2.13. The molecule has 0 radical (unpaired) electrons. The van der Waals surface area contributed by atoms with Crippen LogP contribution in [0.5, 0.6) is 0 Å². The third-order valence-corrected chi connectivity index (χ3v) is 4.31. The van der Waals surface area contributed by atoms with Crippen molar-refractivity contribution in [2.24, 2.45) is 5.92 Å². The summed E-state index contributed by atoms with van der Waals surface area (Å²) in [5.74, 6) is -1.19. The van der Waals surface area contributed by atoms with Crippen LogP contribution in [0.4, 0.5) is 0 Å². The van der Waals surface area contributed by atoms with Crippen LogP contribution in [0.1, 0.15) is 22.3 Å². The summed E-state index contributed by atoms with van der Waals surface area (Å²) in [6.07, 6.45) is 0. The fraction of sp³-hybridized carbons (Fsp3) is 0.562. The monoisotopic (exact) mass is 277 g/mol. The van der Waals surface area contributed by atoms with E-state index >= 15 is 0 Å². The van der Waals surface area contributed by atoms with Gasteiger partial charge in [-0.05, 0) is 50.1 Å². The first kappa shape index (κ1) is 15.0. The molecule has 1 aliphatic heterocycles. The van der Waals surface area contributed by atoms with E-state index in [4.69, 9.17) is 4.74 Å². The molecule has 4 nitrogen and oxygen atoms in total. The van der Waals surface area contributed by atoms with Gasteiger partial charge in [-0.1, -0.05) is 12.1 Å². The van der Waals surface area contributed by atoms with Crippen LogP contribution in [-0.4, -0.2) is 42.3 Å². The highest BCUT2D eigenvalue weighted by molar-refractivity contribution is 5.71. The second-order valence-corrected chi connectivity index (χ2v) is 5.83. The predicted octanol–water partition coefficient (Wildman–Crippen LogP) is 2.14. The van der Waals surface area contributed by atoms with E-state index in [2.05, 4.69) is 37.8 Å². The standard InChI is InChI=1S/C16H23NO3/c1-10-5-12(3)13(6-11(10)2)7-17(4)15-9-20-8-14(15)16(18)19/h5-6,14-15H,7-9H2,1-4H3,(H,18,19). The normalized spacial score (nSPS) is 22.4. The summed E-state index contributed by atoms with van der Waals surface area (Å²) in [6.45, 7) is 7.89. The lowest BCUT2D eigenvalue weighted by atomic mass is 9.98. The Morgan fingerprint density at radius 3 is 2.55 bits per heavy atom. The second-order valence-electron chi connectivity index (χ2n) is 5.83. The fourth-order valence-electron chi connectivity index (χ4n) is 2.79. The highest BCUT2D eigenvalue weighted by Crippen LogP contribution is 2.23. The van der Waals surface area contributed by atoms with Crippen LogP contribution < -0.4 is 0 Å². The van der Waals surface area contributed by atoms with Crippen molar-refractivity contribution in [3.8, 4) is 0 Å². The Bertz CT molecular complexity index is 513. The number of ether oxygens (including phenoxy) is 1. The number of hydrogen-bond acceptors (Lipinski definition) is 3. The third-order valence-electron chi connectivity index (χ3n) is 4.31. The van der Waals surface area contributed by atoms with E-state index in [0.717, 1.165) is 6.54 Å². The van der Waals surface area contributed by atoms with Gasteiger partial charge in [-0.3, -0.25) is 9.69 Å². The summed E-state index contributed by atoms with van der Waals surface area (Å²) >= 11 is 0. The first-order valence-electron chi connectivity index (χ1n) is 6.97. The maximum Gasteiger partial charge on any atom is 0.310 e. The molecule has 110 valence electrons. The summed E-state index contributed by atoms with van der Waals surface area (Å²) in [5.41, 5.74) is 5.08. The first-order valence-corrected chi connectivity index (χ1v) is 6.97. The van der Waals surface area contributed by atoms with Crippen molar-refractivity contribution < 1.29 is 14.6 Å². The van der Waals surface area contributed by atoms with Crippen LogP contribution in [-0.2, 0) is 16.1 Å². The summed E-state index contributed by atoms with van der Waals surface area (Å²) in [4.78, 5) is 13.3. The number of likely N-dealkylation sites (N-methyl/N-ethyl adjacent to an activating group) is 1. The molecule has 2 rings (SSSR count). The average molecular weight is 277 g/mol. The molecule has 1 heterocycles. The molecule has 0 spiro atoms. The molecule has 0 saturated carbocycles. The van der Waals surface area contributed by atoms with Crippen molar-refractivity contribution in [3.05, 3.63) is 34.4 Å². The number of aryl methyl sites for hydroxylation is 3. The number of hydrogen-bond donors (Lipinski definition) is 1. The number of carboxylic acids is 1. The number of nitrogens with zero attached hydrogens (tertiary/aromatic N) is 1. The minimum Gasteiger partial charge on any atom is -0.481 e. The maximum absolute atomic E-state index is 11.2. The van der Waals surface area contributed by atoms with Gasteiger partial charge in [0.15, 0.2) is 0 Å². The average Bonchev–Trinajstić information content (AvgIpc) is 2.85. The van der Waals surface area contributed by atoms with Gasteiger partial charge < -0.3 is 9.84 Å². The lowest BCUT2D eigenvalue weighted by Gasteiger charge is -2.27. The van der Waals surface area contributed by atoms with E-state index in [-0.39, 0.29) is 6.04 Å². The van der Waals surface area contributed by atoms with Gasteiger partial charge in [0.2, 0.25) is 0 Å². The molecule has 2 unspecified atom stereocenters. The van der Waals surface area contributed by atoms with E-state index in [0.29, 0.717) is 13.2 Å². The quantitative estimate of drug-likeness (QED) is 0.916. The molecule has 2 atom stereocenters. The lowest BCUT2D eigenvalue weighted by Crippen LogP contribution is -2.40. The smallest absolute Gasteiger partial charge is 0.310 e. The molecule has 1 aliphatic rings. The zero-order valence-corrected chi connectivity index (χ0v) is 12.6. The van der Waals surface area contributed by atoms with Crippen LogP contribution in [0.2, 0.25) is 0 Å². The van der Waals surface area contributed by atoms with E-state index in [1.807, 2.05) is 7.05 Å². The van der Waals surface area contributed by atoms with E-state index < -0.39 is 11.9 Å². The number of carbonyl (C=O) groups is 1. The zero-order valence-electron chi connectivity index (χ0n) is 12.6. The molecule has 1 N–H and O–H groups in total. The van der Waals surface area contributed by atoms with Gasteiger partial charge in [0.1, 0.15) is 0 Å². The number of aliphatic carboxylic acids is 1. The molecule has 1 aromatic rings. The molecule has 0 aromatic heterocycles. The van der Waals surface area contributed by atoms with Gasteiger partial charge in [-0.2, -0.15) is 0 Å². The van der Waals surface area contributed by atoms with Crippen LogP contribution in [0.3, 0.4) is 0 Å². The summed E-state index contributed by atoms with van der Waals surface area (Å²) in [5, 5.41) is 9.23. The SMILES string of the molecule is Cc1cc(C)c(CN(C)C2COCC2C(=O)O)cc1C. The Morgan fingerprint density at radius 2 is 1.90 bits per heavy atom. The van der Waals surface area contributed by atoms with E-state index in [1.165, 1.54) is 22.3 Å². The van der Waals surface area contributed by atoms with Crippen LogP contribution in [0, 0.1) is 26.7 Å². The lowest BCUT2D eigenvalue weighted by molar-refractivity contribution is -0.143. The first-order chi connectivity index (χ1) is 9.40. The largest absolute Gasteiger partial charge is 0.481 e. The number of carboxylic acid groups (broad SMARTS) is 1. The Morgan fingerprint density at radius 1 is 1.25 bits per heavy atom. The predicted molar refractivity (Wildman–Crippen MR) is 77.9 cm³/mol. The van der Waals surface area contributed by atoms with E-state index in [9.17, 15) is 9.90 Å². The van der Waals surface area contributed by atoms with Gasteiger partial charge in [0, 0.05) is 12.6 Å². The molecule has 1 saturated heterocycles. The van der Waals surface area contributed by atoms with Gasteiger partial charge in [-0.25, -0.2) is 0 Å².